The van der Waals surface area contributed by atoms with E-state index in [9.17, 15) is 14.4 Å². The molecule has 0 aromatic rings. The van der Waals surface area contributed by atoms with Crippen LogP contribution in [0, 0.1) is 0 Å². The van der Waals surface area contributed by atoms with Gasteiger partial charge in [-0.25, -0.2) is 0 Å². The van der Waals surface area contributed by atoms with Crippen LogP contribution in [-0.4, -0.2) is 35.2 Å². The highest BCUT2D eigenvalue weighted by molar-refractivity contribution is 7.79. The van der Waals surface area contributed by atoms with Crippen molar-refractivity contribution >= 4 is 43.4 Å². The van der Waals surface area contributed by atoms with Gasteiger partial charge in [0.2, 0.25) is 0 Å². The molecule has 1 N–H and O–H groups in total. The lowest BCUT2D eigenvalue weighted by atomic mass is 10.1. The zero-order chi connectivity index (χ0) is 15.4. The summed E-state index contributed by atoms with van der Waals surface area (Å²) in [5, 5.41) is 0. The van der Waals surface area contributed by atoms with Gasteiger partial charge in [0.25, 0.3) is 0 Å². The number of ether oxygens (including phenoxy) is 1. The fraction of sp³-hybridized carbons (Fsp3) is 0.750. The summed E-state index contributed by atoms with van der Waals surface area (Å²) < 4.78 is 7.72. The number of rotatable bonds is 9. The molecule has 0 aliphatic heterocycles. The zero-order valence-corrected chi connectivity index (χ0v) is 13.4. The second-order valence-electron chi connectivity index (χ2n) is 4.25. The SMILES string of the molecule is CCCCCCCC(=O)OCCN(S)C(=O)C(=O)NS. The lowest BCUT2D eigenvalue weighted by molar-refractivity contribution is -0.146. The Morgan fingerprint density at radius 2 is 1.80 bits per heavy atom. The molecule has 0 unspecified atom stereocenters. The van der Waals surface area contributed by atoms with E-state index in [1.54, 1.807) is 0 Å². The van der Waals surface area contributed by atoms with Gasteiger partial charge in [-0.05, 0) is 6.42 Å². The van der Waals surface area contributed by atoms with Gasteiger partial charge >= 0.3 is 17.8 Å². The molecule has 0 bridgehead atoms. The van der Waals surface area contributed by atoms with Gasteiger partial charge in [-0.2, -0.15) is 0 Å². The monoisotopic (exact) mass is 322 g/mol. The van der Waals surface area contributed by atoms with Crippen LogP contribution in [0.1, 0.15) is 45.4 Å². The second-order valence-corrected chi connectivity index (χ2v) is 4.96. The molecule has 0 aliphatic rings. The molecule has 116 valence electrons. The Labute approximate surface area is 130 Å². The van der Waals surface area contributed by atoms with E-state index in [-0.39, 0.29) is 19.1 Å². The molecule has 2 amide bonds. The van der Waals surface area contributed by atoms with Crippen LogP contribution >= 0.6 is 25.6 Å². The largest absolute Gasteiger partial charge is 0.464 e. The molecule has 0 heterocycles. The van der Waals surface area contributed by atoms with Crippen LogP contribution in [-0.2, 0) is 19.1 Å². The number of carbonyl (C=O) groups excluding carboxylic acids is 3. The summed E-state index contributed by atoms with van der Waals surface area (Å²) in [5.74, 6) is -2.03. The molecule has 0 spiro atoms. The number of nitrogens with one attached hydrogen (secondary N) is 1. The van der Waals surface area contributed by atoms with Crippen LogP contribution < -0.4 is 4.72 Å². The topological polar surface area (TPSA) is 75.7 Å². The quantitative estimate of drug-likeness (QED) is 0.260. The van der Waals surface area contributed by atoms with Gasteiger partial charge in [-0.1, -0.05) is 58.2 Å². The van der Waals surface area contributed by atoms with Crippen molar-refractivity contribution in [3.05, 3.63) is 0 Å². The van der Waals surface area contributed by atoms with E-state index >= 15 is 0 Å². The predicted octanol–water partition coefficient (Wildman–Crippen LogP) is 1.52. The average molecular weight is 322 g/mol. The lowest BCUT2D eigenvalue weighted by Gasteiger charge is -2.14. The number of unbranched alkanes of at least 4 members (excludes halogenated alkanes) is 4. The van der Waals surface area contributed by atoms with Crippen molar-refractivity contribution in [2.75, 3.05) is 13.2 Å². The summed E-state index contributed by atoms with van der Waals surface area (Å²) in [7, 11) is 0. The first-order valence-electron chi connectivity index (χ1n) is 6.63. The molecular weight excluding hydrogens is 300 g/mol. The maximum Gasteiger partial charge on any atom is 0.322 e. The number of nitrogens with zero attached hydrogens (tertiary/aromatic N) is 1. The van der Waals surface area contributed by atoms with Crippen molar-refractivity contribution in [2.24, 2.45) is 0 Å². The van der Waals surface area contributed by atoms with Gasteiger partial charge in [0.1, 0.15) is 6.61 Å². The van der Waals surface area contributed by atoms with E-state index in [4.69, 9.17) is 4.74 Å². The standard InChI is InChI=1S/C12H22N2O4S2/c1-2-3-4-5-6-7-10(15)18-9-8-14(20)12(17)11(16)13-19/h19-20H,2-9H2,1H3,(H,13,16). The Morgan fingerprint density at radius 3 is 2.40 bits per heavy atom. The summed E-state index contributed by atoms with van der Waals surface area (Å²) in [6.45, 7) is 2.19. The number of hydrogen-bond acceptors (Lipinski definition) is 6. The minimum Gasteiger partial charge on any atom is -0.464 e. The third-order valence-electron chi connectivity index (χ3n) is 2.58. The second kappa shape index (κ2) is 11.9. The summed E-state index contributed by atoms with van der Waals surface area (Å²) in [6.07, 6.45) is 5.67. The van der Waals surface area contributed by atoms with Crippen molar-refractivity contribution in [3.63, 3.8) is 0 Å². The van der Waals surface area contributed by atoms with Crippen LogP contribution in [0.3, 0.4) is 0 Å². The molecule has 20 heavy (non-hydrogen) atoms. The van der Waals surface area contributed by atoms with E-state index in [0.717, 1.165) is 30.0 Å². The number of carbonyl (C=O) groups is 3. The minimum absolute atomic E-state index is 0.0168. The zero-order valence-electron chi connectivity index (χ0n) is 11.6. The number of amides is 2. The van der Waals surface area contributed by atoms with Crippen LogP contribution in [0.2, 0.25) is 0 Å². The highest BCUT2D eigenvalue weighted by atomic mass is 32.1. The molecular formula is C12H22N2O4S2. The Bertz CT molecular complexity index is 327. The van der Waals surface area contributed by atoms with E-state index < -0.39 is 11.8 Å². The highest BCUT2D eigenvalue weighted by Gasteiger charge is 2.18. The fourth-order valence-electron chi connectivity index (χ4n) is 1.46. The Morgan fingerprint density at radius 1 is 1.15 bits per heavy atom. The molecule has 0 saturated heterocycles. The van der Waals surface area contributed by atoms with Crippen LogP contribution in [0.15, 0.2) is 0 Å². The number of hydrogen-bond donors (Lipinski definition) is 3. The van der Waals surface area contributed by atoms with Gasteiger partial charge in [-0.15, -0.1) is 0 Å². The number of thiol groups is 2. The molecule has 0 aromatic heterocycles. The average Bonchev–Trinajstić information content (AvgIpc) is 2.45. The van der Waals surface area contributed by atoms with Gasteiger partial charge in [0, 0.05) is 6.42 Å². The molecule has 8 heteroatoms. The normalized spacial score (nSPS) is 9.95. The maximum absolute atomic E-state index is 11.4. The van der Waals surface area contributed by atoms with Gasteiger partial charge in [-0.3, -0.25) is 23.4 Å². The van der Waals surface area contributed by atoms with Crippen LogP contribution in [0.25, 0.3) is 0 Å². The maximum atomic E-state index is 11.4. The minimum atomic E-state index is -0.884. The summed E-state index contributed by atoms with van der Waals surface area (Å²) in [4.78, 5) is 33.6. The molecule has 0 aromatic carbocycles. The summed E-state index contributed by atoms with van der Waals surface area (Å²) in [5.41, 5.74) is 0. The van der Waals surface area contributed by atoms with Gasteiger partial charge in [0.05, 0.1) is 6.54 Å². The Kier molecular flexibility index (Phi) is 11.4. The molecule has 0 atom stereocenters. The smallest absolute Gasteiger partial charge is 0.322 e. The summed E-state index contributed by atoms with van der Waals surface area (Å²) in [6, 6.07) is 0. The van der Waals surface area contributed by atoms with Gasteiger partial charge in [0.15, 0.2) is 0 Å². The van der Waals surface area contributed by atoms with E-state index in [0.29, 0.717) is 6.42 Å². The lowest BCUT2D eigenvalue weighted by Crippen LogP contribution is -2.36. The van der Waals surface area contributed by atoms with Crippen molar-refractivity contribution in [2.45, 2.75) is 45.4 Å². The molecule has 0 aliphatic carbocycles. The van der Waals surface area contributed by atoms with Crippen LogP contribution in [0.4, 0.5) is 0 Å². The summed E-state index contributed by atoms with van der Waals surface area (Å²) >= 11 is 7.30. The molecule has 0 radical (unpaired) electrons. The van der Waals surface area contributed by atoms with Crippen molar-refractivity contribution in [1.82, 2.24) is 9.03 Å². The predicted molar refractivity (Wildman–Crippen MR) is 82.2 cm³/mol. The molecule has 0 rings (SSSR count). The van der Waals surface area contributed by atoms with Crippen LogP contribution in [0.5, 0.6) is 0 Å². The first kappa shape index (κ1) is 19.1. The first-order chi connectivity index (χ1) is 9.52. The van der Waals surface area contributed by atoms with E-state index in [1.165, 1.54) is 6.42 Å². The third kappa shape index (κ3) is 9.08. The molecule has 0 saturated carbocycles. The van der Waals surface area contributed by atoms with E-state index in [1.807, 2.05) is 4.72 Å². The third-order valence-corrected chi connectivity index (χ3v) is 3.17. The number of esters is 1. The first-order valence-corrected chi connectivity index (χ1v) is 7.48. The van der Waals surface area contributed by atoms with Gasteiger partial charge < -0.3 is 4.74 Å². The van der Waals surface area contributed by atoms with E-state index in [2.05, 4.69) is 32.6 Å². The Balaban J connectivity index is 3.65. The van der Waals surface area contributed by atoms with Crippen molar-refractivity contribution in [3.8, 4) is 0 Å². The van der Waals surface area contributed by atoms with Crippen molar-refractivity contribution < 1.29 is 19.1 Å². The highest BCUT2D eigenvalue weighted by Crippen LogP contribution is 2.05. The van der Waals surface area contributed by atoms with Crippen molar-refractivity contribution in [1.29, 1.82) is 0 Å². The molecule has 6 nitrogen and oxygen atoms in total. The fourth-order valence-corrected chi connectivity index (χ4v) is 1.73. The Hall–Kier alpha value is -0.890. The molecule has 0 fully saturated rings.